The van der Waals surface area contributed by atoms with Crippen molar-refractivity contribution in [3.8, 4) is 0 Å². The molecule has 0 heterocycles. The van der Waals surface area contributed by atoms with Crippen molar-refractivity contribution >= 4 is 5.91 Å². The van der Waals surface area contributed by atoms with Crippen LogP contribution in [0.1, 0.15) is 71.1 Å². The summed E-state index contributed by atoms with van der Waals surface area (Å²) in [6.45, 7) is 2.83. The van der Waals surface area contributed by atoms with E-state index in [-0.39, 0.29) is 5.91 Å². The van der Waals surface area contributed by atoms with Gasteiger partial charge in [-0.25, -0.2) is 0 Å². The van der Waals surface area contributed by atoms with Crippen molar-refractivity contribution in [1.82, 2.24) is 10.6 Å². The minimum Gasteiger partial charge on any atom is -0.352 e. The van der Waals surface area contributed by atoms with Crippen LogP contribution in [0.4, 0.5) is 0 Å². The molecule has 0 unspecified atom stereocenters. The van der Waals surface area contributed by atoms with Crippen LogP contribution in [0, 0.1) is 23.7 Å². The van der Waals surface area contributed by atoms with Gasteiger partial charge >= 0.3 is 0 Å². The molecule has 3 heteroatoms. The zero-order chi connectivity index (χ0) is 15.2. The topological polar surface area (TPSA) is 41.1 Å². The van der Waals surface area contributed by atoms with Crippen LogP contribution in [-0.4, -0.2) is 24.0 Å². The first-order valence-corrected chi connectivity index (χ1v) is 9.66. The van der Waals surface area contributed by atoms with E-state index in [1.165, 1.54) is 64.2 Å². The lowest BCUT2D eigenvalue weighted by atomic mass is 9.53. The van der Waals surface area contributed by atoms with E-state index in [0.717, 1.165) is 17.8 Å². The highest BCUT2D eigenvalue weighted by atomic mass is 16.2. The number of carbonyl (C=O) groups excluding carboxylic acids is 1. The van der Waals surface area contributed by atoms with Crippen molar-refractivity contribution in [3.05, 3.63) is 0 Å². The third kappa shape index (κ3) is 2.93. The van der Waals surface area contributed by atoms with Crippen LogP contribution in [0.5, 0.6) is 0 Å². The molecule has 0 aromatic rings. The Hall–Kier alpha value is -0.570. The lowest BCUT2D eigenvalue weighted by molar-refractivity contribution is -0.122. The zero-order valence-corrected chi connectivity index (χ0v) is 14.1. The van der Waals surface area contributed by atoms with Gasteiger partial charge in [-0.3, -0.25) is 4.79 Å². The van der Waals surface area contributed by atoms with Crippen molar-refractivity contribution in [2.75, 3.05) is 6.54 Å². The van der Waals surface area contributed by atoms with Gasteiger partial charge in [0.2, 0.25) is 5.91 Å². The van der Waals surface area contributed by atoms with Gasteiger partial charge < -0.3 is 10.6 Å². The molecule has 0 saturated heterocycles. The van der Waals surface area contributed by atoms with Gasteiger partial charge in [0.05, 0.1) is 6.54 Å². The summed E-state index contributed by atoms with van der Waals surface area (Å²) in [4.78, 5) is 12.4. The Kier molecular flexibility index (Phi) is 3.96. The molecule has 4 bridgehead atoms. The molecule has 5 rings (SSSR count). The summed E-state index contributed by atoms with van der Waals surface area (Å²) in [6.07, 6.45) is 13.4. The van der Waals surface area contributed by atoms with Gasteiger partial charge in [0.15, 0.2) is 0 Å². The summed E-state index contributed by atoms with van der Waals surface area (Å²) in [5, 5.41) is 7.02. The van der Waals surface area contributed by atoms with Gasteiger partial charge in [0.25, 0.3) is 0 Å². The molecular formula is C19H32N2O. The second kappa shape index (κ2) is 5.81. The highest BCUT2D eigenvalue weighted by Crippen LogP contribution is 2.55. The number of hydrogen-bond donors (Lipinski definition) is 2. The smallest absolute Gasteiger partial charge is 0.234 e. The molecule has 5 saturated carbocycles. The van der Waals surface area contributed by atoms with Gasteiger partial charge in [0, 0.05) is 11.6 Å². The van der Waals surface area contributed by atoms with Crippen molar-refractivity contribution in [2.24, 2.45) is 23.7 Å². The van der Waals surface area contributed by atoms with Crippen LogP contribution in [0.3, 0.4) is 0 Å². The van der Waals surface area contributed by atoms with E-state index >= 15 is 0 Å². The van der Waals surface area contributed by atoms with E-state index in [1.54, 1.807) is 0 Å². The molecular weight excluding hydrogens is 272 g/mol. The number of carbonyl (C=O) groups is 1. The molecule has 0 spiro atoms. The molecule has 124 valence electrons. The SMILES string of the molecule is C[C@@H]1CCCC[C@@H]1NC(=O)CNC12CC3CC(CC(C3)C1)C2. The molecule has 22 heavy (non-hydrogen) atoms. The Morgan fingerprint density at radius 1 is 1.00 bits per heavy atom. The summed E-state index contributed by atoms with van der Waals surface area (Å²) in [7, 11) is 0. The van der Waals surface area contributed by atoms with E-state index in [9.17, 15) is 4.79 Å². The predicted octanol–water partition coefficient (Wildman–Crippen LogP) is 3.24. The van der Waals surface area contributed by atoms with Gasteiger partial charge in [-0.15, -0.1) is 0 Å². The van der Waals surface area contributed by atoms with Crippen LogP contribution in [0.25, 0.3) is 0 Å². The first-order valence-electron chi connectivity index (χ1n) is 9.66. The normalized spacial score (nSPS) is 46.7. The molecule has 0 aromatic carbocycles. The average molecular weight is 304 g/mol. The lowest BCUT2D eigenvalue weighted by Crippen LogP contribution is -2.60. The van der Waals surface area contributed by atoms with Crippen molar-refractivity contribution < 1.29 is 4.79 Å². The fraction of sp³-hybridized carbons (Fsp3) is 0.947. The van der Waals surface area contributed by atoms with Crippen LogP contribution in [-0.2, 0) is 4.79 Å². The Balaban J connectivity index is 1.30. The Bertz CT molecular complexity index is 398. The van der Waals surface area contributed by atoms with Crippen molar-refractivity contribution in [3.63, 3.8) is 0 Å². The van der Waals surface area contributed by atoms with E-state index in [1.807, 2.05) is 0 Å². The summed E-state index contributed by atoms with van der Waals surface area (Å²) in [5.74, 6) is 3.72. The standard InChI is InChI=1S/C19H32N2O/c1-13-4-2-3-5-17(13)21-18(22)12-20-19-9-14-6-15(10-19)8-16(7-14)11-19/h13-17,20H,2-12H2,1H3,(H,21,22)/t13-,14?,15?,16?,17+,19?/m1/s1. The second-order valence-corrected chi connectivity index (χ2v) is 8.99. The summed E-state index contributed by atoms with van der Waals surface area (Å²) in [5.41, 5.74) is 0.310. The minimum absolute atomic E-state index is 0.231. The quantitative estimate of drug-likeness (QED) is 0.837. The number of hydrogen-bond acceptors (Lipinski definition) is 2. The number of amides is 1. The lowest BCUT2D eigenvalue weighted by Gasteiger charge is -2.57. The summed E-state index contributed by atoms with van der Waals surface area (Å²) in [6, 6.07) is 0.416. The number of rotatable bonds is 4. The van der Waals surface area contributed by atoms with E-state index in [2.05, 4.69) is 17.6 Å². The molecule has 0 aromatic heterocycles. The number of nitrogens with one attached hydrogen (secondary N) is 2. The monoisotopic (exact) mass is 304 g/mol. The van der Waals surface area contributed by atoms with Gasteiger partial charge in [0.1, 0.15) is 0 Å². The van der Waals surface area contributed by atoms with E-state index in [0.29, 0.717) is 24.0 Å². The Labute approximate surface area is 135 Å². The fourth-order valence-corrected chi connectivity index (χ4v) is 6.38. The predicted molar refractivity (Wildman–Crippen MR) is 88.5 cm³/mol. The van der Waals surface area contributed by atoms with Crippen LogP contribution < -0.4 is 10.6 Å². The first-order chi connectivity index (χ1) is 10.6. The largest absolute Gasteiger partial charge is 0.352 e. The zero-order valence-electron chi connectivity index (χ0n) is 14.1. The average Bonchev–Trinajstić information content (AvgIpc) is 2.46. The molecule has 2 atom stereocenters. The van der Waals surface area contributed by atoms with Crippen molar-refractivity contribution in [2.45, 2.75) is 82.7 Å². The molecule has 5 aliphatic carbocycles. The molecule has 3 nitrogen and oxygen atoms in total. The molecule has 5 aliphatic rings. The Morgan fingerprint density at radius 3 is 2.18 bits per heavy atom. The highest BCUT2D eigenvalue weighted by molar-refractivity contribution is 5.78. The third-order valence-corrected chi connectivity index (χ3v) is 7.12. The molecule has 2 N–H and O–H groups in total. The molecule has 0 aliphatic heterocycles. The fourth-order valence-electron chi connectivity index (χ4n) is 6.38. The minimum atomic E-state index is 0.231. The van der Waals surface area contributed by atoms with Crippen LogP contribution in [0.2, 0.25) is 0 Å². The van der Waals surface area contributed by atoms with E-state index < -0.39 is 0 Å². The first kappa shape index (κ1) is 15.0. The van der Waals surface area contributed by atoms with Crippen LogP contribution >= 0.6 is 0 Å². The third-order valence-electron chi connectivity index (χ3n) is 7.12. The van der Waals surface area contributed by atoms with E-state index in [4.69, 9.17) is 0 Å². The Morgan fingerprint density at radius 2 is 1.59 bits per heavy atom. The molecule has 5 fully saturated rings. The molecule has 0 radical (unpaired) electrons. The van der Waals surface area contributed by atoms with Gasteiger partial charge in [-0.05, 0) is 75.0 Å². The second-order valence-electron chi connectivity index (χ2n) is 8.99. The van der Waals surface area contributed by atoms with Gasteiger partial charge in [-0.2, -0.15) is 0 Å². The maximum absolute atomic E-state index is 12.4. The molecule has 1 amide bonds. The summed E-state index contributed by atoms with van der Waals surface area (Å²) >= 11 is 0. The van der Waals surface area contributed by atoms with Gasteiger partial charge in [-0.1, -0.05) is 19.8 Å². The summed E-state index contributed by atoms with van der Waals surface area (Å²) < 4.78 is 0. The maximum atomic E-state index is 12.4. The highest BCUT2D eigenvalue weighted by Gasteiger charge is 2.50. The van der Waals surface area contributed by atoms with Crippen LogP contribution in [0.15, 0.2) is 0 Å². The van der Waals surface area contributed by atoms with Crippen molar-refractivity contribution in [1.29, 1.82) is 0 Å². The maximum Gasteiger partial charge on any atom is 0.234 e.